The quantitative estimate of drug-likeness (QED) is 0.516. The molecule has 0 atom stereocenters. The van der Waals surface area contributed by atoms with Gasteiger partial charge in [0.2, 0.25) is 0 Å². The Hall–Kier alpha value is -0.0800. The molecule has 1 fully saturated rings. The van der Waals surface area contributed by atoms with Gasteiger partial charge in [-0.15, -0.1) is 0 Å². The first-order valence-corrected chi connectivity index (χ1v) is 3.69. The third-order valence-corrected chi connectivity index (χ3v) is 1.62. The van der Waals surface area contributed by atoms with E-state index in [1.165, 1.54) is 0 Å². The molecule has 0 aromatic rings. The molecule has 0 bridgehead atoms. The van der Waals surface area contributed by atoms with Crippen molar-refractivity contribution in [1.29, 1.82) is 0 Å². The summed E-state index contributed by atoms with van der Waals surface area (Å²) in [5.41, 5.74) is 0.190. The minimum absolute atomic E-state index is 0.190. The van der Waals surface area contributed by atoms with Crippen molar-refractivity contribution >= 4 is 0 Å². The first-order chi connectivity index (χ1) is 4.41. The highest BCUT2D eigenvalue weighted by molar-refractivity contribution is 4.74. The van der Waals surface area contributed by atoms with Gasteiger partial charge in [-0.3, -0.25) is 0 Å². The molecule has 2 nitrogen and oxygen atoms in total. The van der Waals surface area contributed by atoms with Crippen molar-refractivity contribution in [1.82, 2.24) is 0 Å². The summed E-state index contributed by atoms with van der Waals surface area (Å²) >= 11 is 0. The zero-order valence-electron chi connectivity index (χ0n) is 7.23. The Labute approximate surface area is 62.5 Å². The van der Waals surface area contributed by atoms with Crippen molar-refractivity contribution in [3.63, 3.8) is 0 Å². The maximum atomic E-state index is 5.46. The summed E-state index contributed by atoms with van der Waals surface area (Å²) in [5, 5.41) is 0. The van der Waals surface area contributed by atoms with Gasteiger partial charge in [0.25, 0.3) is 0 Å². The lowest BCUT2D eigenvalue weighted by atomic mass is 9.95. The zero-order valence-corrected chi connectivity index (χ0v) is 7.23. The van der Waals surface area contributed by atoms with Gasteiger partial charge in [0.1, 0.15) is 0 Å². The highest BCUT2D eigenvalue weighted by atomic mass is 16.7. The maximum Gasteiger partial charge on any atom is 0.162 e. The van der Waals surface area contributed by atoms with Crippen LogP contribution in [0, 0.1) is 5.41 Å². The SMILES string of the molecule is CC1(C)COC(C)(C)OC1. The predicted molar refractivity (Wildman–Crippen MR) is 39.8 cm³/mol. The molecule has 2 heteroatoms. The summed E-state index contributed by atoms with van der Waals surface area (Å²) < 4.78 is 10.9. The summed E-state index contributed by atoms with van der Waals surface area (Å²) in [7, 11) is 0. The molecular formula is C8H16O2. The van der Waals surface area contributed by atoms with Crippen molar-refractivity contribution in [2.45, 2.75) is 33.5 Å². The van der Waals surface area contributed by atoms with E-state index in [-0.39, 0.29) is 11.2 Å². The van der Waals surface area contributed by atoms with Crippen LogP contribution in [0.4, 0.5) is 0 Å². The Kier molecular flexibility index (Phi) is 1.77. The summed E-state index contributed by atoms with van der Waals surface area (Å²) in [6, 6.07) is 0. The van der Waals surface area contributed by atoms with Crippen LogP contribution < -0.4 is 0 Å². The summed E-state index contributed by atoms with van der Waals surface area (Å²) in [4.78, 5) is 0. The Morgan fingerprint density at radius 3 is 1.60 bits per heavy atom. The molecule has 0 aliphatic carbocycles. The van der Waals surface area contributed by atoms with Crippen LogP contribution in [0.3, 0.4) is 0 Å². The largest absolute Gasteiger partial charge is 0.350 e. The third kappa shape index (κ3) is 1.96. The van der Waals surface area contributed by atoms with E-state index < -0.39 is 0 Å². The Morgan fingerprint density at radius 1 is 0.900 bits per heavy atom. The third-order valence-electron chi connectivity index (χ3n) is 1.62. The molecule has 0 aromatic heterocycles. The van der Waals surface area contributed by atoms with E-state index in [0.717, 1.165) is 13.2 Å². The number of rotatable bonds is 0. The average Bonchev–Trinajstić information content (AvgIpc) is 1.79. The second-order valence-corrected chi connectivity index (χ2v) is 4.14. The van der Waals surface area contributed by atoms with Gasteiger partial charge < -0.3 is 9.47 Å². The fraction of sp³-hybridized carbons (Fsp3) is 1.00. The van der Waals surface area contributed by atoms with Gasteiger partial charge >= 0.3 is 0 Å². The fourth-order valence-electron chi connectivity index (χ4n) is 0.822. The lowest BCUT2D eigenvalue weighted by Gasteiger charge is -2.39. The molecule has 1 saturated heterocycles. The van der Waals surface area contributed by atoms with Crippen LogP contribution in [-0.2, 0) is 9.47 Å². The lowest BCUT2D eigenvalue weighted by Crippen LogP contribution is -2.43. The molecule has 1 rings (SSSR count). The lowest BCUT2D eigenvalue weighted by molar-refractivity contribution is -0.279. The molecule has 0 radical (unpaired) electrons. The van der Waals surface area contributed by atoms with Crippen molar-refractivity contribution in [2.24, 2.45) is 5.41 Å². The van der Waals surface area contributed by atoms with Crippen LogP contribution in [0.5, 0.6) is 0 Å². The highest BCUT2D eigenvalue weighted by Gasteiger charge is 2.32. The molecule has 0 spiro atoms. The standard InChI is InChI=1S/C8H16O2/c1-7(2)5-9-8(3,4)10-6-7/h5-6H2,1-4H3. The highest BCUT2D eigenvalue weighted by Crippen LogP contribution is 2.28. The second-order valence-electron chi connectivity index (χ2n) is 4.14. The van der Waals surface area contributed by atoms with Crippen molar-refractivity contribution < 1.29 is 9.47 Å². The van der Waals surface area contributed by atoms with Crippen LogP contribution in [0.2, 0.25) is 0 Å². The van der Waals surface area contributed by atoms with Gasteiger partial charge in [-0.05, 0) is 13.8 Å². The molecule has 10 heavy (non-hydrogen) atoms. The zero-order chi connectivity index (χ0) is 7.83. The van der Waals surface area contributed by atoms with Gasteiger partial charge in [0.05, 0.1) is 13.2 Å². The van der Waals surface area contributed by atoms with E-state index in [0.29, 0.717) is 0 Å². The Bertz CT molecular complexity index is 99.2. The van der Waals surface area contributed by atoms with Gasteiger partial charge in [-0.25, -0.2) is 0 Å². The number of hydrogen-bond acceptors (Lipinski definition) is 2. The molecule has 1 heterocycles. The molecule has 1 aliphatic rings. The van der Waals surface area contributed by atoms with Crippen LogP contribution in [0.1, 0.15) is 27.7 Å². The van der Waals surface area contributed by atoms with Gasteiger partial charge in [0, 0.05) is 5.41 Å². The number of ether oxygens (including phenoxy) is 2. The van der Waals surface area contributed by atoms with Crippen molar-refractivity contribution in [2.75, 3.05) is 13.2 Å². The van der Waals surface area contributed by atoms with E-state index in [1.54, 1.807) is 0 Å². The van der Waals surface area contributed by atoms with Crippen LogP contribution in [0.25, 0.3) is 0 Å². The molecule has 0 aromatic carbocycles. The Balaban J connectivity index is 2.46. The summed E-state index contributed by atoms with van der Waals surface area (Å²) in [5.74, 6) is -0.366. The topological polar surface area (TPSA) is 18.5 Å². The monoisotopic (exact) mass is 144 g/mol. The molecule has 0 saturated carbocycles. The first kappa shape index (κ1) is 8.02. The van der Waals surface area contributed by atoms with E-state index >= 15 is 0 Å². The fourth-order valence-corrected chi connectivity index (χ4v) is 0.822. The molecule has 60 valence electrons. The average molecular weight is 144 g/mol. The minimum atomic E-state index is -0.366. The van der Waals surface area contributed by atoms with Gasteiger partial charge in [0.15, 0.2) is 5.79 Å². The maximum absolute atomic E-state index is 5.46. The summed E-state index contributed by atoms with van der Waals surface area (Å²) in [6.45, 7) is 9.76. The van der Waals surface area contributed by atoms with E-state index in [4.69, 9.17) is 9.47 Å². The molecule has 0 unspecified atom stereocenters. The van der Waals surface area contributed by atoms with Gasteiger partial charge in [-0.1, -0.05) is 13.8 Å². The minimum Gasteiger partial charge on any atom is -0.350 e. The van der Waals surface area contributed by atoms with Gasteiger partial charge in [-0.2, -0.15) is 0 Å². The van der Waals surface area contributed by atoms with E-state index in [9.17, 15) is 0 Å². The normalized spacial score (nSPS) is 30.0. The van der Waals surface area contributed by atoms with Crippen molar-refractivity contribution in [3.8, 4) is 0 Å². The molecule has 1 aliphatic heterocycles. The van der Waals surface area contributed by atoms with E-state index in [1.807, 2.05) is 13.8 Å². The summed E-state index contributed by atoms with van der Waals surface area (Å²) in [6.07, 6.45) is 0. The van der Waals surface area contributed by atoms with Crippen LogP contribution in [0.15, 0.2) is 0 Å². The molecule has 0 N–H and O–H groups in total. The molecule has 0 amide bonds. The smallest absolute Gasteiger partial charge is 0.162 e. The first-order valence-electron chi connectivity index (χ1n) is 3.69. The van der Waals surface area contributed by atoms with Crippen molar-refractivity contribution in [3.05, 3.63) is 0 Å². The Morgan fingerprint density at radius 2 is 1.30 bits per heavy atom. The van der Waals surface area contributed by atoms with Crippen LogP contribution >= 0.6 is 0 Å². The predicted octanol–water partition coefficient (Wildman–Crippen LogP) is 1.80. The number of hydrogen-bond donors (Lipinski definition) is 0. The van der Waals surface area contributed by atoms with Crippen LogP contribution in [-0.4, -0.2) is 19.0 Å². The molecular weight excluding hydrogens is 128 g/mol. The van der Waals surface area contributed by atoms with E-state index in [2.05, 4.69) is 13.8 Å². The second kappa shape index (κ2) is 2.21.